The van der Waals surface area contributed by atoms with Gasteiger partial charge in [0.2, 0.25) is 5.91 Å². The van der Waals surface area contributed by atoms with Gasteiger partial charge in [0, 0.05) is 36.5 Å². The maximum absolute atomic E-state index is 12.3. The molecule has 0 saturated carbocycles. The Kier molecular flexibility index (Phi) is 6.06. The number of hydrogen-bond donors (Lipinski definition) is 3. The summed E-state index contributed by atoms with van der Waals surface area (Å²) in [4.78, 5) is 18.8. The molecule has 1 aliphatic rings. The van der Waals surface area contributed by atoms with Crippen LogP contribution in [0.15, 0.2) is 17.5 Å². The van der Waals surface area contributed by atoms with Crippen LogP contribution >= 0.6 is 22.7 Å². The number of aromatic nitrogens is 1. The number of nitrogen functional groups attached to an aromatic ring is 1. The number of aliphatic hydroxyl groups excluding tert-OH is 1. The van der Waals surface area contributed by atoms with E-state index in [0.717, 1.165) is 28.3 Å². The molecule has 4 N–H and O–H groups in total. The van der Waals surface area contributed by atoms with Crippen LogP contribution in [0.3, 0.4) is 0 Å². The molecule has 8 heteroatoms. The van der Waals surface area contributed by atoms with Crippen molar-refractivity contribution in [3.8, 4) is 10.6 Å². The average molecular weight is 382 g/mol. The second-order valence-electron chi connectivity index (χ2n) is 6.35. The maximum Gasteiger partial charge on any atom is 0.220 e. The summed E-state index contributed by atoms with van der Waals surface area (Å²) < 4.78 is 5.35. The summed E-state index contributed by atoms with van der Waals surface area (Å²) in [6, 6.07) is 3.99. The molecule has 6 nitrogen and oxygen atoms in total. The highest BCUT2D eigenvalue weighted by Gasteiger charge is 2.32. The van der Waals surface area contributed by atoms with Crippen LogP contribution in [0.25, 0.3) is 10.6 Å². The van der Waals surface area contributed by atoms with Crippen LogP contribution in [-0.4, -0.2) is 42.4 Å². The van der Waals surface area contributed by atoms with Gasteiger partial charge in [0.25, 0.3) is 0 Å². The van der Waals surface area contributed by atoms with Crippen LogP contribution in [-0.2, 0) is 16.0 Å². The molecule has 0 spiro atoms. The lowest BCUT2D eigenvalue weighted by Gasteiger charge is -2.35. The number of thiophene rings is 1. The Bertz CT molecular complexity index is 694. The fourth-order valence-corrected chi connectivity index (χ4v) is 4.59. The van der Waals surface area contributed by atoms with Crippen molar-refractivity contribution in [2.24, 2.45) is 5.41 Å². The standard InChI is InChI=1S/C17H23N3O3S2/c18-16-20-15(12-2-1-9-24-12)13(25-16)3-4-14(22)19-10-17(11-21)5-7-23-8-6-17/h1-2,9,21H,3-8,10-11H2,(H2,18,20)(H,19,22). The molecule has 0 bridgehead atoms. The van der Waals surface area contributed by atoms with Gasteiger partial charge in [0.15, 0.2) is 5.13 Å². The van der Waals surface area contributed by atoms with Gasteiger partial charge in [0.05, 0.1) is 17.2 Å². The Labute approximate surface area is 155 Å². The van der Waals surface area contributed by atoms with E-state index < -0.39 is 0 Å². The number of nitrogens with two attached hydrogens (primary N) is 1. The molecule has 136 valence electrons. The van der Waals surface area contributed by atoms with Gasteiger partial charge in [-0.05, 0) is 30.7 Å². The summed E-state index contributed by atoms with van der Waals surface area (Å²) >= 11 is 3.06. The minimum Gasteiger partial charge on any atom is -0.396 e. The van der Waals surface area contributed by atoms with Crippen LogP contribution in [0.5, 0.6) is 0 Å². The monoisotopic (exact) mass is 381 g/mol. The molecule has 1 saturated heterocycles. The molecule has 0 aliphatic carbocycles. The Morgan fingerprint density at radius 3 is 2.92 bits per heavy atom. The van der Waals surface area contributed by atoms with E-state index in [1.807, 2.05) is 17.5 Å². The first-order valence-corrected chi connectivity index (χ1v) is 10.1. The Morgan fingerprint density at radius 1 is 1.44 bits per heavy atom. The topological polar surface area (TPSA) is 97.5 Å². The molecule has 0 atom stereocenters. The van der Waals surface area contributed by atoms with Crippen LogP contribution in [0.1, 0.15) is 24.1 Å². The maximum atomic E-state index is 12.3. The minimum atomic E-state index is -0.245. The molecule has 0 radical (unpaired) electrons. The van der Waals surface area contributed by atoms with E-state index in [1.165, 1.54) is 11.3 Å². The molecular weight excluding hydrogens is 358 g/mol. The number of nitrogens with one attached hydrogen (secondary N) is 1. The second-order valence-corrected chi connectivity index (χ2v) is 8.41. The lowest BCUT2D eigenvalue weighted by atomic mass is 9.81. The number of rotatable bonds is 7. The number of anilines is 1. The number of hydrogen-bond acceptors (Lipinski definition) is 7. The van der Waals surface area contributed by atoms with Crippen LogP contribution in [0.2, 0.25) is 0 Å². The smallest absolute Gasteiger partial charge is 0.220 e. The zero-order valence-electron chi connectivity index (χ0n) is 14.0. The predicted molar refractivity (Wildman–Crippen MR) is 101 cm³/mol. The molecular formula is C17H23N3O3S2. The summed E-state index contributed by atoms with van der Waals surface area (Å²) in [5.74, 6) is -0.0107. The Balaban J connectivity index is 1.54. The molecule has 0 aromatic carbocycles. The van der Waals surface area contributed by atoms with Gasteiger partial charge in [0.1, 0.15) is 0 Å². The fourth-order valence-electron chi connectivity index (χ4n) is 2.94. The van der Waals surface area contributed by atoms with Gasteiger partial charge in [-0.15, -0.1) is 22.7 Å². The fraction of sp³-hybridized carbons (Fsp3) is 0.529. The third-order valence-electron chi connectivity index (χ3n) is 4.60. The summed E-state index contributed by atoms with van der Waals surface area (Å²) in [5.41, 5.74) is 6.50. The summed E-state index contributed by atoms with van der Waals surface area (Å²) in [6.07, 6.45) is 2.55. The SMILES string of the molecule is Nc1nc(-c2cccs2)c(CCC(=O)NCC2(CO)CCOCC2)s1. The zero-order chi connectivity index (χ0) is 17.7. The first-order valence-electron chi connectivity index (χ1n) is 8.36. The highest BCUT2D eigenvalue weighted by Crippen LogP contribution is 2.33. The van der Waals surface area contributed by atoms with Crippen molar-refractivity contribution in [1.29, 1.82) is 0 Å². The Hall–Kier alpha value is -1.48. The lowest BCUT2D eigenvalue weighted by Crippen LogP contribution is -2.43. The number of thiazole rings is 1. The highest BCUT2D eigenvalue weighted by atomic mass is 32.1. The average Bonchev–Trinajstić information content (AvgIpc) is 3.28. The van der Waals surface area contributed by atoms with Gasteiger partial charge in [-0.2, -0.15) is 0 Å². The highest BCUT2D eigenvalue weighted by molar-refractivity contribution is 7.17. The molecule has 3 rings (SSSR count). The van der Waals surface area contributed by atoms with Crippen molar-refractivity contribution in [3.63, 3.8) is 0 Å². The number of aliphatic hydroxyl groups is 1. The third kappa shape index (κ3) is 4.58. The predicted octanol–water partition coefficient (Wildman–Crippen LogP) is 2.29. The quantitative estimate of drug-likeness (QED) is 0.684. The lowest BCUT2D eigenvalue weighted by molar-refractivity contribution is -0.122. The molecule has 1 fully saturated rings. The van der Waals surface area contributed by atoms with E-state index in [1.54, 1.807) is 11.3 Å². The van der Waals surface area contributed by atoms with Gasteiger partial charge in [-0.25, -0.2) is 4.98 Å². The van der Waals surface area contributed by atoms with Crippen LogP contribution in [0, 0.1) is 5.41 Å². The summed E-state index contributed by atoms with van der Waals surface area (Å²) in [7, 11) is 0. The first-order chi connectivity index (χ1) is 12.1. The van der Waals surface area contributed by atoms with Gasteiger partial charge in [-0.3, -0.25) is 4.79 Å². The number of ether oxygens (including phenoxy) is 1. The van der Waals surface area contributed by atoms with E-state index >= 15 is 0 Å². The van der Waals surface area contributed by atoms with Gasteiger partial charge in [-0.1, -0.05) is 6.07 Å². The number of carbonyl (C=O) groups is 1. The zero-order valence-corrected chi connectivity index (χ0v) is 15.6. The number of aryl methyl sites for hydroxylation is 1. The van der Waals surface area contributed by atoms with Crippen molar-refractivity contribution in [3.05, 3.63) is 22.4 Å². The molecule has 2 aromatic heterocycles. The van der Waals surface area contributed by atoms with Crippen LogP contribution in [0.4, 0.5) is 5.13 Å². The van der Waals surface area contributed by atoms with E-state index in [9.17, 15) is 9.90 Å². The second kappa shape index (κ2) is 8.27. The van der Waals surface area contributed by atoms with E-state index in [4.69, 9.17) is 10.5 Å². The minimum absolute atomic E-state index is 0.0107. The molecule has 2 aromatic rings. The van der Waals surface area contributed by atoms with Crippen molar-refractivity contribution in [2.45, 2.75) is 25.7 Å². The molecule has 1 aliphatic heterocycles. The molecule has 0 unspecified atom stereocenters. The van der Waals surface area contributed by atoms with Crippen molar-refractivity contribution >= 4 is 33.7 Å². The third-order valence-corrected chi connectivity index (χ3v) is 6.42. The van der Waals surface area contributed by atoms with E-state index in [0.29, 0.717) is 37.7 Å². The molecule has 3 heterocycles. The van der Waals surface area contributed by atoms with E-state index in [-0.39, 0.29) is 17.9 Å². The number of nitrogens with zero attached hydrogens (tertiary/aromatic N) is 1. The van der Waals surface area contributed by atoms with Crippen molar-refractivity contribution in [2.75, 3.05) is 32.1 Å². The van der Waals surface area contributed by atoms with Gasteiger partial charge < -0.3 is 20.9 Å². The Morgan fingerprint density at radius 2 is 2.24 bits per heavy atom. The number of carbonyl (C=O) groups excluding carboxylic acids is 1. The van der Waals surface area contributed by atoms with Crippen molar-refractivity contribution < 1.29 is 14.6 Å². The molecule has 1 amide bonds. The van der Waals surface area contributed by atoms with Crippen molar-refractivity contribution in [1.82, 2.24) is 10.3 Å². The summed E-state index contributed by atoms with van der Waals surface area (Å²) in [5, 5.41) is 15.2. The molecule has 25 heavy (non-hydrogen) atoms. The van der Waals surface area contributed by atoms with Crippen LogP contribution < -0.4 is 11.1 Å². The number of amides is 1. The van der Waals surface area contributed by atoms with Gasteiger partial charge >= 0.3 is 0 Å². The largest absolute Gasteiger partial charge is 0.396 e. The van der Waals surface area contributed by atoms with E-state index in [2.05, 4.69) is 10.3 Å². The first kappa shape index (κ1) is 18.3. The summed E-state index contributed by atoms with van der Waals surface area (Å²) in [6.45, 7) is 1.85. The normalized spacial score (nSPS) is 16.7.